The van der Waals surface area contributed by atoms with E-state index in [0.717, 1.165) is 12.5 Å². The van der Waals surface area contributed by atoms with E-state index in [1.165, 1.54) is 64.8 Å². The largest absolute Gasteiger partial charge is 0.329 e. The third-order valence-electron chi connectivity index (χ3n) is 5.37. The van der Waals surface area contributed by atoms with E-state index in [0.29, 0.717) is 5.54 Å². The Hall–Kier alpha value is -0.120. The Bertz CT molecular complexity index is 248. The first-order valence-corrected chi connectivity index (χ1v) is 7.91. The summed E-state index contributed by atoms with van der Waals surface area (Å²) in [7, 11) is 0. The standard InChI is InChI=1S/C15H31N3/c1-3-14-6-5-7-15(12-14,13-16)18-10-8-17(4-2)9-11-18/h14H,3-13,16H2,1-2H3. The summed E-state index contributed by atoms with van der Waals surface area (Å²) in [5.74, 6) is 0.909. The van der Waals surface area contributed by atoms with Crippen molar-refractivity contribution in [2.45, 2.75) is 51.5 Å². The lowest BCUT2D eigenvalue weighted by molar-refractivity contribution is -0.000571. The van der Waals surface area contributed by atoms with Crippen molar-refractivity contribution in [3.05, 3.63) is 0 Å². The Kier molecular flexibility index (Phi) is 5.05. The summed E-state index contributed by atoms with van der Waals surface area (Å²) in [6, 6.07) is 0. The van der Waals surface area contributed by atoms with Crippen molar-refractivity contribution in [1.29, 1.82) is 0 Å². The lowest BCUT2D eigenvalue weighted by atomic mass is 9.73. The fourth-order valence-electron chi connectivity index (χ4n) is 3.95. The molecule has 2 N–H and O–H groups in total. The van der Waals surface area contributed by atoms with Crippen LogP contribution in [0.5, 0.6) is 0 Å². The van der Waals surface area contributed by atoms with E-state index in [1.54, 1.807) is 0 Å². The van der Waals surface area contributed by atoms with Crippen molar-refractivity contribution in [2.75, 3.05) is 39.3 Å². The van der Waals surface area contributed by atoms with Crippen molar-refractivity contribution >= 4 is 0 Å². The van der Waals surface area contributed by atoms with Crippen LogP contribution in [0.4, 0.5) is 0 Å². The maximum absolute atomic E-state index is 6.20. The number of likely N-dealkylation sites (N-methyl/N-ethyl adjacent to an activating group) is 1. The quantitative estimate of drug-likeness (QED) is 0.831. The minimum atomic E-state index is 0.332. The molecule has 18 heavy (non-hydrogen) atoms. The van der Waals surface area contributed by atoms with Crippen LogP contribution in [0.2, 0.25) is 0 Å². The third-order valence-corrected chi connectivity index (χ3v) is 5.37. The van der Waals surface area contributed by atoms with Crippen molar-refractivity contribution < 1.29 is 0 Å². The first kappa shape index (κ1) is 14.3. The molecule has 106 valence electrons. The predicted octanol–water partition coefficient (Wildman–Crippen LogP) is 1.92. The van der Waals surface area contributed by atoms with Crippen LogP contribution < -0.4 is 5.73 Å². The van der Waals surface area contributed by atoms with Gasteiger partial charge in [-0.1, -0.05) is 33.1 Å². The summed E-state index contributed by atoms with van der Waals surface area (Å²) < 4.78 is 0. The van der Waals surface area contributed by atoms with Crippen molar-refractivity contribution in [3.63, 3.8) is 0 Å². The molecule has 2 aliphatic rings. The molecule has 1 aliphatic carbocycles. The van der Waals surface area contributed by atoms with Crippen LogP contribution in [0.25, 0.3) is 0 Å². The molecule has 2 fully saturated rings. The minimum Gasteiger partial charge on any atom is -0.329 e. The van der Waals surface area contributed by atoms with Gasteiger partial charge >= 0.3 is 0 Å². The summed E-state index contributed by atoms with van der Waals surface area (Å²) in [6.07, 6.45) is 6.80. The summed E-state index contributed by atoms with van der Waals surface area (Å²) in [6.45, 7) is 11.6. The highest BCUT2D eigenvalue weighted by molar-refractivity contribution is 4.97. The van der Waals surface area contributed by atoms with Crippen LogP contribution in [0, 0.1) is 5.92 Å². The summed E-state index contributed by atoms with van der Waals surface area (Å²) in [4.78, 5) is 5.28. The molecule has 0 aromatic carbocycles. The number of nitrogens with two attached hydrogens (primary N) is 1. The molecule has 0 radical (unpaired) electrons. The second-order valence-corrected chi connectivity index (χ2v) is 6.22. The van der Waals surface area contributed by atoms with Gasteiger partial charge in [0, 0.05) is 38.3 Å². The average Bonchev–Trinajstić information content (AvgIpc) is 2.47. The molecule has 0 amide bonds. The molecule has 0 bridgehead atoms. The van der Waals surface area contributed by atoms with Gasteiger partial charge in [-0.05, 0) is 25.3 Å². The average molecular weight is 253 g/mol. The van der Waals surface area contributed by atoms with Gasteiger partial charge in [0.2, 0.25) is 0 Å². The molecule has 3 nitrogen and oxygen atoms in total. The van der Waals surface area contributed by atoms with Crippen LogP contribution in [0.15, 0.2) is 0 Å². The van der Waals surface area contributed by atoms with Gasteiger partial charge in [-0.3, -0.25) is 4.90 Å². The van der Waals surface area contributed by atoms with E-state index in [9.17, 15) is 0 Å². The molecule has 0 aromatic rings. The van der Waals surface area contributed by atoms with E-state index in [4.69, 9.17) is 5.73 Å². The van der Waals surface area contributed by atoms with Gasteiger partial charge in [-0.25, -0.2) is 0 Å². The topological polar surface area (TPSA) is 32.5 Å². The number of hydrogen-bond acceptors (Lipinski definition) is 3. The van der Waals surface area contributed by atoms with E-state index >= 15 is 0 Å². The number of hydrogen-bond donors (Lipinski definition) is 1. The molecule has 2 unspecified atom stereocenters. The second kappa shape index (κ2) is 6.36. The summed E-state index contributed by atoms with van der Waals surface area (Å²) in [5.41, 5.74) is 6.53. The zero-order valence-corrected chi connectivity index (χ0v) is 12.3. The Morgan fingerprint density at radius 1 is 1.17 bits per heavy atom. The van der Waals surface area contributed by atoms with Gasteiger partial charge in [-0.2, -0.15) is 0 Å². The first-order chi connectivity index (χ1) is 8.74. The zero-order chi connectivity index (χ0) is 13.0. The smallest absolute Gasteiger partial charge is 0.0335 e. The highest BCUT2D eigenvalue weighted by atomic mass is 15.3. The van der Waals surface area contributed by atoms with Gasteiger partial charge in [-0.15, -0.1) is 0 Å². The van der Waals surface area contributed by atoms with E-state index in [1.807, 2.05) is 0 Å². The van der Waals surface area contributed by atoms with E-state index in [2.05, 4.69) is 23.6 Å². The Balaban J connectivity index is 1.99. The molecule has 0 aromatic heterocycles. The summed E-state index contributed by atoms with van der Waals surface area (Å²) >= 11 is 0. The van der Waals surface area contributed by atoms with Gasteiger partial charge in [0.25, 0.3) is 0 Å². The van der Waals surface area contributed by atoms with Crippen molar-refractivity contribution in [1.82, 2.24) is 9.80 Å². The van der Waals surface area contributed by atoms with Gasteiger partial charge < -0.3 is 10.6 Å². The normalized spacial score (nSPS) is 35.8. The van der Waals surface area contributed by atoms with Crippen LogP contribution in [-0.4, -0.2) is 54.6 Å². The third kappa shape index (κ3) is 2.89. The second-order valence-electron chi connectivity index (χ2n) is 6.22. The Labute approximate surface area is 113 Å². The minimum absolute atomic E-state index is 0.332. The SMILES string of the molecule is CCC1CCCC(CN)(N2CCN(CC)CC2)C1. The lowest BCUT2D eigenvalue weighted by Crippen LogP contribution is -2.61. The van der Waals surface area contributed by atoms with Crippen molar-refractivity contribution in [3.8, 4) is 0 Å². The highest BCUT2D eigenvalue weighted by Crippen LogP contribution is 2.38. The monoisotopic (exact) mass is 253 g/mol. The molecule has 3 heteroatoms. The van der Waals surface area contributed by atoms with Crippen molar-refractivity contribution in [2.24, 2.45) is 11.7 Å². The summed E-state index contributed by atoms with van der Waals surface area (Å²) in [5, 5.41) is 0. The fraction of sp³-hybridized carbons (Fsp3) is 1.00. The van der Waals surface area contributed by atoms with Crippen LogP contribution in [0.1, 0.15) is 46.0 Å². The van der Waals surface area contributed by atoms with E-state index in [-0.39, 0.29) is 0 Å². The van der Waals surface area contributed by atoms with E-state index < -0.39 is 0 Å². The molecule has 2 atom stereocenters. The maximum Gasteiger partial charge on any atom is 0.0335 e. The molecule has 1 saturated heterocycles. The Morgan fingerprint density at radius 3 is 2.44 bits per heavy atom. The molecule has 0 spiro atoms. The van der Waals surface area contributed by atoms with Gasteiger partial charge in [0.1, 0.15) is 0 Å². The predicted molar refractivity (Wildman–Crippen MR) is 77.7 cm³/mol. The molecule has 1 saturated carbocycles. The first-order valence-electron chi connectivity index (χ1n) is 7.91. The maximum atomic E-state index is 6.20. The number of piperazine rings is 1. The fourth-order valence-corrected chi connectivity index (χ4v) is 3.95. The number of rotatable bonds is 4. The van der Waals surface area contributed by atoms with Crippen LogP contribution >= 0.6 is 0 Å². The molecule has 1 aliphatic heterocycles. The molecular weight excluding hydrogens is 222 g/mol. The lowest BCUT2D eigenvalue weighted by Gasteiger charge is -2.51. The Morgan fingerprint density at radius 2 is 1.89 bits per heavy atom. The number of nitrogens with zero attached hydrogens (tertiary/aromatic N) is 2. The van der Waals surface area contributed by atoms with Crippen LogP contribution in [-0.2, 0) is 0 Å². The molecular formula is C15H31N3. The molecule has 2 rings (SSSR count). The highest BCUT2D eigenvalue weighted by Gasteiger charge is 2.40. The van der Waals surface area contributed by atoms with Gasteiger partial charge in [0.15, 0.2) is 0 Å². The van der Waals surface area contributed by atoms with Crippen LogP contribution in [0.3, 0.4) is 0 Å². The molecule has 1 heterocycles. The zero-order valence-electron chi connectivity index (χ0n) is 12.3. The van der Waals surface area contributed by atoms with Gasteiger partial charge in [0.05, 0.1) is 0 Å².